The summed E-state index contributed by atoms with van der Waals surface area (Å²) >= 11 is 0. The van der Waals surface area contributed by atoms with Gasteiger partial charge in [-0.25, -0.2) is 4.99 Å². The number of nitrogens with two attached hydrogens (primary N) is 1. The molecule has 0 heterocycles. The molecule has 3 aromatic rings. The summed E-state index contributed by atoms with van der Waals surface area (Å²) in [4.78, 5) is 4.32. The molecule has 0 atom stereocenters. The van der Waals surface area contributed by atoms with E-state index in [0.29, 0.717) is 16.8 Å². The molecule has 0 aliphatic carbocycles. The summed E-state index contributed by atoms with van der Waals surface area (Å²) in [6.45, 7) is 0. The van der Waals surface area contributed by atoms with Crippen LogP contribution >= 0.6 is 0 Å². The lowest BCUT2D eigenvalue weighted by Crippen LogP contribution is -2.15. The molecule has 0 spiro atoms. The van der Waals surface area contributed by atoms with Crippen molar-refractivity contribution in [2.45, 2.75) is 6.18 Å². The quantitative estimate of drug-likeness (QED) is 0.348. The van der Waals surface area contributed by atoms with Gasteiger partial charge in [0, 0.05) is 5.56 Å². The van der Waals surface area contributed by atoms with E-state index in [-0.39, 0.29) is 5.84 Å². The molecule has 0 aliphatic rings. The zero-order valence-electron chi connectivity index (χ0n) is 14.3. The van der Waals surface area contributed by atoms with Crippen LogP contribution in [0.4, 0.5) is 18.9 Å². The molecule has 136 valence electrons. The average Bonchev–Trinajstić information content (AvgIpc) is 2.67. The maximum absolute atomic E-state index is 13.1. The van der Waals surface area contributed by atoms with Gasteiger partial charge in [0.05, 0.1) is 11.3 Å². The molecule has 0 bridgehead atoms. The van der Waals surface area contributed by atoms with Gasteiger partial charge in [0.15, 0.2) is 0 Å². The Kier molecular flexibility index (Phi) is 5.41. The number of nitrogens with zero attached hydrogens (tertiary/aromatic N) is 1. The molecule has 3 aromatic carbocycles. The molecule has 0 unspecified atom stereocenters. The molecule has 0 amide bonds. The van der Waals surface area contributed by atoms with E-state index in [1.807, 2.05) is 48.5 Å². The van der Waals surface area contributed by atoms with Crippen molar-refractivity contribution in [1.82, 2.24) is 0 Å². The topological polar surface area (TPSA) is 38.4 Å². The van der Waals surface area contributed by atoms with Crippen LogP contribution in [0, 0.1) is 0 Å². The highest BCUT2D eigenvalue weighted by atomic mass is 19.4. The van der Waals surface area contributed by atoms with E-state index < -0.39 is 11.7 Å². The number of para-hydroxylation sites is 1. The molecule has 0 radical (unpaired) electrons. The van der Waals surface area contributed by atoms with Crippen LogP contribution in [0.2, 0.25) is 0 Å². The molecule has 0 saturated carbocycles. The SMILES string of the molecule is NC(=Nc1ccccc1)c1ccc(C(F)(F)F)cc1/C=C/c1ccccc1. The Labute approximate surface area is 155 Å². The fourth-order valence-corrected chi connectivity index (χ4v) is 2.56. The molecule has 0 aromatic heterocycles. The second kappa shape index (κ2) is 7.91. The zero-order valence-corrected chi connectivity index (χ0v) is 14.3. The first kappa shape index (κ1) is 18.5. The second-order valence-corrected chi connectivity index (χ2v) is 5.88. The standard InChI is InChI=1S/C22H17F3N2/c23-22(24,25)18-13-14-20(21(26)27-19-9-5-2-6-10-19)17(15-18)12-11-16-7-3-1-4-8-16/h1-15H,(H2,26,27)/b12-11+. The molecule has 2 nitrogen and oxygen atoms in total. The molecule has 0 fully saturated rings. The summed E-state index contributed by atoms with van der Waals surface area (Å²) in [6.07, 6.45) is -1.07. The number of alkyl halides is 3. The number of aliphatic imine (C=N–C) groups is 1. The van der Waals surface area contributed by atoms with Gasteiger partial charge in [0.2, 0.25) is 0 Å². The highest BCUT2D eigenvalue weighted by Gasteiger charge is 2.31. The summed E-state index contributed by atoms with van der Waals surface area (Å²) in [5.74, 6) is 0.155. The van der Waals surface area contributed by atoms with E-state index in [2.05, 4.69) is 4.99 Å². The van der Waals surface area contributed by atoms with Gasteiger partial charge in [0.25, 0.3) is 0 Å². The number of amidine groups is 1. The Morgan fingerprint density at radius 2 is 1.44 bits per heavy atom. The van der Waals surface area contributed by atoms with Crippen LogP contribution in [0.3, 0.4) is 0 Å². The van der Waals surface area contributed by atoms with Crippen LogP contribution in [0.1, 0.15) is 22.3 Å². The normalized spacial score (nSPS) is 12.5. The van der Waals surface area contributed by atoms with Crippen molar-refractivity contribution >= 4 is 23.7 Å². The summed E-state index contributed by atoms with van der Waals surface area (Å²) in [5, 5.41) is 0. The van der Waals surface area contributed by atoms with E-state index in [9.17, 15) is 13.2 Å². The lowest BCUT2D eigenvalue weighted by Gasteiger charge is -2.11. The van der Waals surface area contributed by atoms with Crippen molar-refractivity contribution in [2.24, 2.45) is 10.7 Å². The van der Waals surface area contributed by atoms with Crippen molar-refractivity contribution in [2.75, 3.05) is 0 Å². The third kappa shape index (κ3) is 4.85. The highest BCUT2D eigenvalue weighted by Crippen LogP contribution is 2.31. The largest absolute Gasteiger partial charge is 0.416 e. The zero-order chi connectivity index (χ0) is 19.3. The Morgan fingerprint density at radius 1 is 0.815 bits per heavy atom. The van der Waals surface area contributed by atoms with Crippen LogP contribution in [-0.4, -0.2) is 5.84 Å². The van der Waals surface area contributed by atoms with Crippen LogP contribution in [-0.2, 0) is 6.18 Å². The first-order valence-electron chi connectivity index (χ1n) is 8.27. The monoisotopic (exact) mass is 366 g/mol. The van der Waals surface area contributed by atoms with Gasteiger partial charge in [-0.15, -0.1) is 0 Å². The third-order valence-electron chi connectivity index (χ3n) is 3.92. The summed E-state index contributed by atoms with van der Waals surface area (Å²) < 4.78 is 39.4. The van der Waals surface area contributed by atoms with Crippen molar-refractivity contribution < 1.29 is 13.2 Å². The number of hydrogen-bond donors (Lipinski definition) is 1. The van der Waals surface area contributed by atoms with Crippen molar-refractivity contribution in [1.29, 1.82) is 0 Å². The molecule has 3 rings (SSSR count). The average molecular weight is 366 g/mol. The van der Waals surface area contributed by atoms with Gasteiger partial charge in [-0.2, -0.15) is 13.2 Å². The van der Waals surface area contributed by atoms with Gasteiger partial charge in [-0.05, 0) is 35.4 Å². The molecule has 5 heteroatoms. The first-order valence-corrected chi connectivity index (χ1v) is 8.27. The van der Waals surface area contributed by atoms with E-state index in [1.165, 1.54) is 6.07 Å². The third-order valence-corrected chi connectivity index (χ3v) is 3.92. The van der Waals surface area contributed by atoms with Crippen LogP contribution < -0.4 is 5.73 Å². The van der Waals surface area contributed by atoms with Gasteiger partial charge < -0.3 is 5.73 Å². The van der Waals surface area contributed by atoms with Crippen molar-refractivity contribution in [3.05, 3.63) is 101 Å². The van der Waals surface area contributed by atoms with Gasteiger partial charge in [-0.3, -0.25) is 0 Å². The fourth-order valence-electron chi connectivity index (χ4n) is 2.56. The smallest absolute Gasteiger partial charge is 0.383 e. The Balaban J connectivity index is 2.04. The fraction of sp³-hybridized carbons (Fsp3) is 0.0455. The molecule has 27 heavy (non-hydrogen) atoms. The Bertz CT molecular complexity index is 960. The predicted molar refractivity (Wildman–Crippen MR) is 104 cm³/mol. The molecule has 2 N–H and O–H groups in total. The van der Waals surface area contributed by atoms with Crippen molar-refractivity contribution in [3.8, 4) is 0 Å². The maximum Gasteiger partial charge on any atom is 0.416 e. The lowest BCUT2D eigenvalue weighted by molar-refractivity contribution is -0.137. The predicted octanol–water partition coefficient (Wildman–Crippen LogP) is 5.91. The Morgan fingerprint density at radius 3 is 2.07 bits per heavy atom. The lowest BCUT2D eigenvalue weighted by atomic mass is 10.0. The van der Waals surface area contributed by atoms with E-state index in [4.69, 9.17) is 5.73 Å². The maximum atomic E-state index is 13.1. The first-order chi connectivity index (χ1) is 12.9. The number of rotatable bonds is 4. The van der Waals surface area contributed by atoms with E-state index in [1.54, 1.807) is 24.3 Å². The minimum atomic E-state index is -4.43. The summed E-state index contributed by atoms with van der Waals surface area (Å²) in [6, 6.07) is 21.8. The highest BCUT2D eigenvalue weighted by molar-refractivity contribution is 6.02. The minimum Gasteiger partial charge on any atom is -0.383 e. The van der Waals surface area contributed by atoms with Gasteiger partial charge >= 0.3 is 6.18 Å². The van der Waals surface area contributed by atoms with E-state index >= 15 is 0 Å². The van der Waals surface area contributed by atoms with Crippen molar-refractivity contribution in [3.63, 3.8) is 0 Å². The number of benzene rings is 3. The Hall–Kier alpha value is -3.34. The van der Waals surface area contributed by atoms with Crippen LogP contribution in [0.5, 0.6) is 0 Å². The second-order valence-electron chi connectivity index (χ2n) is 5.88. The summed E-state index contributed by atoms with van der Waals surface area (Å²) in [5.41, 5.74) is 7.66. The van der Waals surface area contributed by atoms with Crippen LogP contribution in [0.25, 0.3) is 12.2 Å². The molecular weight excluding hydrogens is 349 g/mol. The molecule has 0 saturated heterocycles. The molecular formula is C22H17F3N2. The summed E-state index contributed by atoms with van der Waals surface area (Å²) in [7, 11) is 0. The number of halogens is 3. The number of hydrogen-bond acceptors (Lipinski definition) is 1. The van der Waals surface area contributed by atoms with Crippen LogP contribution in [0.15, 0.2) is 83.9 Å². The molecule has 0 aliphatic heterocycles. The van der Waals surface area contributed by atoms with Gasteiger partial charge in [-0.1, -0.05) is 66.7 Å². The van der Waals surface area contributed by atoms with Gasteiger partial charge in [0.1, 0.15) is 5.84 Å². The van der Waals surface area contributed by atoms with E-state index in [0.717, 1.165) is 17.7 Å². The minimum absolute atomic E-state index is 0.155.